The zero-order chi connectivity index (χ0) is 13.9. The fourth-order valence-corrected chi connectivity index (χ4v) is 2.82. The van der Waals surface area contributed by atoms with Gasteiger partial charge in [-0.2, -0.15) is 0 Å². The van der Waals surface area contributed by atoms with Gasteiger partial charge in [0.25, 0.3) is 0 Å². The number of nitrogens with zero attached hydrogens (tertiary/aromatic N) is 1. The molecular formula is C14H25NO3. The molecule has 0 unspecified atom stereocenters. The Morgan fingerprint density at radius 1 is 1.28 bits per heavy atom. The smallest absolute Gasteiger partial charge is 0.329 e. The van der Waals surface area contributed by atoms with Crippen molar-refractivity contribution in [1.29, 1.82) is 0 Å². The van der Waals surface area contributed by atoms with Crippen LogP contribution in [0.5, 0.6) is 0 Å². The van der Waals surface area contributed by atoms with Gasteiger partial charge in [-0.15, -0.1) is 0 Å². The molecule has 4 heteroatoms. The molecule has 104 valence electrons. The van der Waals surface area contributed by atoms with Gasteiger partial charge in [-0.05, 0) is 37.5 Å². The van der Waals surface area contributed by atoms with E-state index in [4.69, 9.17) is 0 Å². The number of carboxylic acids is 1. The van der Waals surface area contributed by atoms with Crippen molar-refractivity contribution in [1.82, 2.24) is 4.90 Å². The maximum atomic E-state index is 11.8. The van der Waals surface area contributed by atoms with E-state index in [0.717, 1.165) is 19.3 Å². The minimum absolute atomic E-state index is 0.135. The van der Waals surface area contributed by atoms with Crippen molar-refractivity contribution in [3.8, 4) is 0 Å². The van der Waals surface area contributed by atoms with E-state index in [1.54, 1.807) is 4.90 Å². The fourth-order valence-electron chi connectivity index (χ4n) is 2.82. The molecule has 0 aromatic rings. The fraction of sp³-hybridized carbons (Fsp3) is 0.857. The first-order chi connectivity index (χ1) is 8.33. The molecule has 1 rings (SSSR count). The Morgan fingerprint density at radius 2 is 1.72 bits per heavy atom. The van der Waals surface area contributed by atoms with Gasteiger partial charge in [-0.3, -0.25) is 4.79 Å². The van der Waals surface area contributed by atoms with Crippen molar-refractivity contribution in [2.75, 3.05) is 0 Å². The number of hydrogen-bond donors (Lipinski definition) is 1. The molecule has 1 aliphatic rings. The van der Waals surface area contributed by atoms with Gasteiger partial charge in [0.2, 0.25) is 6.41 Å². The molecule has 1 saturated carbocycles. The predicted octanol–water partition coefficient (Wildman–Crippen LogP) is 2.52. The maximum absolute atomic E-state index is 11.8. The third kappa shape index (κ3) is 3.24. The zero-order valence-electron chi connectivity index (χ0n) is 11.8. The van der Waals surface area contributed by atoms with Crippen LogP contribution in [-0.4, -0.2) is 34.0 Å². The van der Waals surface area contributed by atoms with E-state index in [9.17, 15) is 14.7 Å². The topological polar surface area (TPSA) is 57.6 Å². The van der Waals surface area contributed by atoms with E-state index >= 15 is 0 Å². The van der Waals surface area contributed by atoms with E-state index in [2.05, 4.69) is 0 Å². The second-order valence-corrected chi connectivity index (χ2v) is 6.28. The van der Waals surface area contributed by atoms with Crippen molar-refractivity contribution in [3.63, 3.8) is 0 Å². The summed E-state index contributed by atoms with van der Waals surface area (Å²) in [7, 11) is 0. The molecule has 0 aromatic heterocycles. The van der Waals surface area contributed by atoms with Crippen LogP contribution in [0.4, 0.5) is 0 Å². The lowest BCUT2D eigenvalue weighted by Gasteiger charge is -2.41. The molecule has 0 heterocycles. The maximum Gasteiger partial charge on any atom is 0.329 e. The van der Waals surface area contributed by atoms with Crippen LogP contribution >= 0.6 is 0 Å². The van der Waals surface area contributed by atoms with E-state index in [0.29, 0.717) is 12.8 Å². The third-order valence-corrected chi connectivity index (χ3v) is 3.44. The highest BCUT2D eigenvalue weighted by atomic mass is 16.4. The van der Waals surface area contributed by atoms with Crippen molar-refractivity contribution in [2.45, 2.75) is 65.0 Å². The SMILES string of the molecule is CC(C)CC(CC(C)C)(C(=O)O)N(C=O)C1CC1. The lowest BCUT2D eigenvalue weighted by molar-refractivity contribution is -0.158. The highest BCUT2D eigenvalue weighted by Gasteiger charge is 2.49. The number of carbonyl (C=O) groups is 2. The molecule has 1 aliphatic carbocycles. The molecule has 0 spiro atoms. The zero-order valence-corrected chi connectivity index (χ0v) is 11.8. The number of aliphatic carboxylic acids is 1. The second-order valence-electron chi connectivity index (χ2n) is 6.28. The van der Waals surface area contributed by atoms with Crippen LogP contribution in [0.15, 0.2) is 0 Å². The standard InChI is InChI=1S/C14H25NO3/c1-10(2)7-14(13(17)18,8-11(3)4)15(9-16)12-5-6-12/h9-12H,5-8H2,1-4H3,(H,17,18). The van der Waals surface area contributed by atoms with Gasteiger partial charge in [-0.1, -0.05) is 27.7 Å². The average molecular weight is 255 g/mol. The number of amides is 1. The minimum Gasteiger partial charge on any atom is -0.479 e. The first-order valence-corrected chi connectivity index (χ1v) is 6.80. The number of rotatable bonds is 8. The first kappa shape index (κ1) is 15.0. The third-order valence-electron chi connectivity index (χ3n) is 3.44. The van der Waals surface area contributed by atoms with Gasteiger partial charge in [0.05, 0.1) is 0 Å². The molecular weight excluding hydrogens is 230 g/mol. The van der Waals surface area contributed by atoms with Crippen LogP contribution in [0.2, 0.25) is 0 Å². The average Bonchev–Trinajstić information content (AvgIpc) is 3.00. The molecule has 0 aliphatic heterocycles. The van der Waals surface area contributed by atoms with Crippen molar-refractivity contribution in [3.05, 3.63) is 0 Å². The van der Waals surface area contributed by atoms with Crippen molar-refractivity contribution in [2.24, 2.45) is 11.8 Å². The van der Waals surface area contributed by atoms with Crippen LogP contribution in [0.1, 0.15) is 53.4 Å². The van der Waals surface area contributed by atoms with Gasteiger partial charge in [-0.25, -0.2) is 4.79 Å². The lowest BCUT2D eigenvalue weighted by Crippen LogP contribution is -2.56. The largest absolute Gasteiger partial charge is 0.479 e. The molecule has 4 nitrogen and oxygen atoms in total. The summed E-state index contributed by atoms with van der Waals surface area (Å²) in [4.78, 5) is 24.8. The van der Waals surface area contributed by atoms with Crippen LogP contribution in [0, 0.1) is 11.8 Å². The Labute approximate surface area is 109 Å². The summed E-state index contributed by atoms with van der Waals surface area (Å²) in [6.45, 7) is 8.03. The summed E-state index contributed by atoms with van der Waals surface area (Å²) < 4.78 is 0. The van der Waals surface area contributed by atoms with E-state index in [-0.39, 0.29) is 17.9 Å². The Kier molecular flexibility index (Phi) is 4.77. The molecule has 0 aromatic carbocycles. The first-order valence-electron chi connectivity index (χ1n) is 6.80. The van der Waals surface area contributed by atoms with Gasteiger partial charge in [0, 0.05) is 6.04 Å². The van der Waals surface area contributed by atoms with Gasteiger partial charge >= 0.3 is 5.97 Å². The van der Waals surface area contributed by atoms with Gasteiger partial charge in [0.1, 0.15) is 5.54 Å². The van der Waals surface area contributed by atoms with Crippen LogP contribution in [-0.2, 0) is 9.59 Å². The summed E-state index contributed by atoms with van der Waals surface area (Å²) in [5, 5.41) is 9.70. The molecule has 18 heavy (non-hydrogen) atoms. The molecule has 0 atom stereocenters. The van der Waals surface area contributed by atoms with E-state index in [1.807, 2.05) is 27.7 Å². The highest BCUT2D eigenvalue weighted by molar-refractivity contribution is 5.82. The summed E-state index contributed by atoms with van der Waals surface area (Å²) in [5.74, 6) is -0.356. The van der Waals surface area contributed by atoms with Crippen LogP contribution in [0.25, 0.3) is 0 Å². The summed E-state index contributed by atoms with van der Waals surface area (Å²) in [6, 6.07) is 0.135. The van der Waals surface area contributed by atoms with Crippen molar-refractivity contribution >= 4 is 12.4 Å². The Morgan fingerprint density at radius 3 is 1.94 bits per heavy atom. The molecule has 0 bridgehead atoms. The molecule has 1 amide bonds. The number of hydrogen-bond acceptors (Lipinski definition) is 2. The van der Waals surface area contributed by atoms with E-state index in [1.165, 1.54) is 0 Å². The quantitative estimate of drug-likeness (QED) is 0.678. The summed E-state index contributed by atoms with van der Waals surface area (Å²) in [6.07, 6.45) is 3.66. The van der Waals surface area contributed by atoms with E-state index < -0.39 is 11.5 Å². The van der Waals surface area contributed by atoms with Gasteiger partial charge in [0.15, 0.2) is 0 Å². The molecule has 0 radical (unpaired) electrons. The van der Waals surface area contributed by atoms with Crippen molar-refractivity contribution < 1.29 is 14.7 Å². The summed E-state index contributed by atoms with van der Waals surface area (Å²) in [5.41, 5.74) is -1.02. The molecule has 1 N–H and O–H groups in total. The monoisotopic (exact) mass is 255 g/mol. The second kappa shape index (κ2) is 5.72. The normalized spacial score (nSPS) is 16.1. The number of carboxylic acid groups (broad SMARTS) is 1. The van der Waals surface area contributed by atoms with Crippen LogP contribution < -0.4 is 0 Å². The highest BCUT2D eigenvalue weighted by Crippen LogP contribution is 2.38. The lowest BCUT2D eigenvalue weighted by atomic mass is 9.80. The predicted molar refractivity (Wildman–Crippen MR) is 70.2 cm³/mol. The van der Waals surface area contributed by atoms with Gasteiger partial charge < -0.3 is 10.0 Å². The minimum atomic E-state index is -1.02. The molecule has 1 fully saturated rings. The Bertz CT molecular complexity index is 298. The Balaban J connectivity index is 3.07. The Hall–Kier alpha value is -1.06. The number of carbonyl (C=O) groups excluding carboxylic acids is 1. The summed E-state index contributed by atoms with van der Waals surface area (Å²) >= 11 is 0. The van der Waals surface area contributed by atoms with Crippen LogP contribution in [0.3, 0.4) is 0 Å². The molecule has 0 saturated heterocycles.